The van der Waals surface area contributed by atoms with Crippen LogP contribution in [0.3, 0.4) is 0 Å². The number of nitrogens with one attached hydrogen (secondary N) is 2. The van der Waals surface area contributed by atoms with Gasteiger partial charge in [0.1, 0.15) is 0 Å². The van der Waals surface area contributed by atoms with Crippen LogP contribution < -0.4 is 10.6 Å². The van der Waals surface area contributed by atoms with E-state index in [4.69, 9.17) is 0 Å². The lowest BCUT2D eigenvalue weighted by Crippen LogP contribution is -2.50. The van der Waals surface area contributed by atoms with E-state index in [1.54, 1.807) is 0 Å². The molecule has 0 aromatic carbocycles. The van der Waals surface area contributed by atoms with Crippen LogP contribution in [-0.4, -0.2) is 49.1 Å². The van der Waals surface area contributed by atoms with E-state index in [2.05, 4.69) is 22.5 Å². The molecule has 1 saturated heterocycles. The van der Waals surface area contributed by atoms with Crippen molar-refractivity contribution in [3.05, 3.63) is 0 Å². The molecule has 0 aromatic rings. The van der Waals surface area contributed by atoms with Crippen molar-refractivity contribution in [1.29, 1.82) is 0 Å². The molecule has 20 heavy (non-hydrogen) atoms. The summed E-state index contributed by atoms with van der Waals surface area (Å²) in [5.41, 5.74) is 0. The first-order valence-electron chi connectivity index (χ1n) is 8.53. The van der Waals surface area contributed by atoms with Crippen molar-refractivity contribution in [3.63, 3.8) is 0 Å². The highest BCUT2D eigenvalue weighted by Crippen LogP contribution is 2.17. The van der Waals surface area contributed by atoms with E-state index in [0.717, 1.165) is 19.6 Å². The van der Waals surface area contributed by atoms with E-state index in [9.17, 15) is 4.79 Å². The Labute approximate surface area is 123 Å². The standard InChI is InChI=1S/C16H31N3O/c1-2-19(15-10-7-11-17-12-15)13-16(20)18-14-8-5-3-4-6-9-14/h14-15,17H,2-13H2,1H3,(H,18,20). The van der Waals surface area contributed by atoms with Crippen LogP contribution in [0.2, 0.25) is 0 Å². The maximum Gasteiger partial charge on any atom is 0.234 e. The van der Waals surface area contributed by atoms with Gasteiger partial charge in [-0.05, 0) is 38.8 Å². The average molecular weight is 281 g/mol. The van der Waals surface area contributed by atoms with Gasteiger partial charge in [0, 0.05) is 18.6 Å². The highest BCUT2D eigenvalue weighted by molar-refractivity contribution is 5.78. The van der Waals surface area contributed by atoms with E-state index in [0.29, 0.717) is 18.6 Å². The summed E-state index contributed by atoms with van der Waals surface area (Å²) < 4.78 is 0. The zero-order valence-corrected chi connectivity index (χ0v) is 13.0. The summed E-state index contributed by atoms with van der Waals surface area (Å²) in [5, 5.41) is 6.70. The fraction of sp³-hybridized carbons (Fsp3) is 0.938. The van der Waals surface area contributed by atoms with Crippen LogP contribution in [0.25, 0.3) is 0 Å². The van der Waals surface area contributed by atoms with Gasteiger partial charge < -0.3 is 10.6 Å². The summed E-state index contributed by atoms with van der Waals surface area (Å²) in [6.07, 6.45) is 10.0. The molecule has 1 aliphatic carbocycles. The number of rotatable bonds is 5. The van der Waals surface area contributed by atoms with Crippen molar-refractivity contribution in [1.82, 2.24) is 15.5 Å². The average Bonchev–Trinajstić information content (AvgIpc) is 2.74. The number of likely N-dealkylation sites (N-methyl/N-ethyl adjacent to an activating group) is 1. The molecule has 2 rings (SSSR count). The minimum Gasteiger partial charge on any atom is -0.352 e. The Morgan fingerprint density at radius 3 is 2.50 bits per heavy atom. The van der Waals surface area contributed by atoms with Gasteiger partial charge in [-0.2, -0.15) is 0 Å². The molecule has 1 amide bonds. The number of piperidine rings is 1. The van der Waals surface area contributed by atoms with Crippen LogP contribution >= 0.6 is 0 Å². The van der Waals surface area contributed by atoms with Crippen molar-refractivity contribution in [2.24, 2.45) is 0 Å². The quantitative estimate of drug-likeness (QED) is 0.757. The molecular weight excluding hydrogens is 250 g/mol. The first kappa shape index (κ1) is 15.8. The lowest BCUT2D eigenvalue weighted by Gasteiger charge is -2.33. The predicted molar refractivity (Wildman–Crippen MR) is 82.8 cm³/mol. The minimum atomic E-state index is 0.226. The molecule has 1 saturated carbocycles. The lowest BCUT2D eigenvalue weighted by atomic mass is 10.1. The fourth-order valence-electron chi connectivity index (χ4n) is 3.53. The number of carbonyl (C=O) groups is 1. The van der Waals surface area contributed by atoms with Gasteiger partial charge >= 0.3 is 0 Å². The summed E-state index contributed by atoms with van der Waals surface area (Å²) in [6, 6.07) is 0.960. The lowest BCUT2D eigenvalue weighted by molar-refractivity contribution is -0.123. The third kappa shape index (κ3) is 5.06. The summed E-state index contributed by atoms with van der Waals surface area (Å²) in [4.78, 5) is 14.6. The van der Waals surface area contributed by atoms with Gasteiger partial charge in [0.05, 0.1) is 6.54 Å². The molecule has 0 aromatic heterocycles. The second-order valence-corrected chi connectivity index (χ2v) is 6.32. The molecule has 1 aliphatic heterocycles. The van der Waals surface area contributed by atoms with E-state index in [1.807, 2.05) is 0 Å². The molecule has 2 fully saturated rings. The Hall–Kier alpha value is -0.610. The third-order valence-electron chi connectivity index (χ3n) is 4.76. The Morgan fingerprint density at radius 1 is 1.15 bits per heavy atom. The smallest absolute Gasteiger partial charge is 0.234 e. The van der Waals surface area contributed by atoms with Crippen molar-refractivity contribution < 1.29 is 4.79 Å². The Balaban J connectivity index is 1.75. The molecule has 4 nitrogen and oxygen atoms in total. The predicted octanol–water partition coefficient (Wildman–Crippen LogP) is 1.90. The number of hydrogen-bond donors (Lipinski definition) is 2. The van der Waals surface area contributed by atoms with Gasteiger partial charge in [-0.25, -0.2) is 0 Å². The molecule has 1 unspecified atom stereocenters. The van der Waals surface area contributed by atoms with Gasteiger partial charge in [0.25, 0.3) is 0 Å². The van der Waals surface area contributed by atoms with E-state index in [1.165, 1.54) is 51.4 Å². The Kier molecular flexibility index (Phi) is 6.80. The van der Waals surface area contributed by atoms with Crippen LogP contribution in [0.15, 0.2) is 0 Å². The Bertz CT molecular complexity index is 281. The van der Waals surface area contributed by atoms with E-state index in [-0.39, 0.29) is 5.91 Å². The van der Waals surface area contributed by atoms with Crippen LogP contribution in [0.1, 0.15) is 58.3 Å². The summed E-state index contributed by atoms with van der Waals surface area (Å²) in [6.45, 7) is 5.85. The number of amides is 1. The van der Waals surface area contributed by atoms with Crippen LogP contribution in [0.5, 0.6) is 0 Å². The van der Waals surface area contributed by atoms with Gasteiger partial charge in [-0.15, -0.1) is 0 Å². The fourth-order valence-corrected chi connectivity index (χ4v) is 3.53. The Morgan fingerprint density at radius 2 is 1.90 bits per heavy atom. The van der Waals surface area contributed by atoms with Crippen LogP contribution in [0.4, 0.5) is 0 Å². The van der Waals surface area contributed by atoms with E-state index >= 15 is 0 Å². The van der Waals surface area contributed by atoms with Crippen LogP contribution in [0, 0.1) is 0 Å². The SMILES string of the molecule is CCN(CC(=O)NC1CCCCCC1)C1CCCNC1. The van der Waals surface area contributed by atoms with E-state index < -0.39 is 0 Å². The normalized spacial score (nSPS) is 25.4. The molecule has 1 atom stereocenters. The molecule has 0 radical (unpaired) electrons. The first-order chi connectivity index (χ1) is 9.79. The monoisotopic (exact) mass is 281 g/mol. The van der Waals surface area contributed by atoms with Crippen molar-refractivity contribution in [2.75, 3.05) is 26.2 Å². The summed E-state index contributed by atoms with van der Waals surface area (Å²) >= 11 is 0. The van der Waals surface area contributed by atoms with Crippen LogP contribution in [-0.2, 0) is 4.79 Å². The zero-order valence-electron chi connectivity index (χ0n) is 13.0. The highest BCUT2D eigenvalue weighted by atomic mass is 16.2. The second-order valence-electron chi connectivity index (χ2n) is 6.32. The zero-order chi connectivity index (χ0) is 14.2. The van der Waals surface area contributed by atoms with Gasteiger partial charge in [0.15, 0.2) is 0 Å². The molecule has 116 valence electrons. The molecular formula is C16H31N3O. The molecule has 2 aliphatic rings. The molecule has 0 spiro atoms. The van der Waals surface area contributed by atoms with Gasteiger partial charge in [-0.1, -0.05) is 32.6 Å². The molecule has 0 bridgehead atoms. The first-order valence-corrected chi connectivity index (χ1v) is 8.53. The minimum absolute atomic E-state index is 0.226. The highest BCUT2D eigenvalue weighted by Gasteiger charge is 2.22. The number of nitrogens with zero attached hydrogens (tertiary/aromatic N) is 1. The van der Waals surface area contributed by atoms with Crippen molar-refractivity contribution >= 4 is 5.91 Å². The number of carbonyl (C=O) groups excluding carboxylic acids is 1. The molecule has 4 heteroatoms. The maximum absolute atomic E-state index is 12.3. The molecule has 1 heterocycles. The summed E-state index contributed by atoms with van der Waals surface area (Å²) in [5.74, 6) is 0.226. The summed E-state index contributed by atoms with van der Waals surface area (Å²) in [7, 11) is 0. The van der Waals surface area contributed by atoms with Gasteiger partial charge in [-0.3, -0.25) is 9.69 Å². The third-order valence-corrected chi connectivity index (χ3v) is 4.76. The largest absolute Gasteiger partial charge is 0.352 e. The number of hydrogen-bond acceptors (Lipinski definition) is 3. The van der Waals surface area contributed by atoms with Gasteiger partial charge in [0.2, 0.25) is 5.91 Å². The van der Waals surface area contributed by atoms with Crippen molar-refractivity contribution in [2.45, 2.75) is 70.4 Å². The maximum atomic E-state index is 12.3. The van der Waals surface area contributed by atoms with Crippen molar-refractivity contribution in [3.8, 4) is 0 Å². The topological polar surface area (TPSA) is 44.4 Å². The second kappa shape index (κ2) is 8.63. The molecule has 2 N–H and O–H groups in total.